The van der Waals surface area contributed by atoms with Crippen molar-refractivity contribution < 1.29 is 14.3 Å². The predicted molar refractivity (Wildman–Crippen MR) is 73.8 cm³/mol. The van der Waals surface area contributed by atoms with Gasteiger partial charge in [0.1, 0.15) is 0 Å². The lowest BCUT2D eigenvalue weighted by atomic mass is 10.2. The fraction of sp³-hybridized carbons (Fsp3) is 0.857. The molecule has 2 amide bonds. The van der Waals surface area contributed by atoms with E-state index in [4.69, 9.17) is 4.74 Å². The zero-order valence-corrected chi connectivity index (χ0v) is 11.9. The largest absolute Gasteiger partial charge is 0.378 e. The molecular weight excluding hydrogens is 244 g/mol. The SMILES string of the molecule is CCCNC(=O)CCCC(=O)NCCC1CCCO1. The molecule has 1 atom stereocenters. The number of nitrogens with one attached hydrogen (secondary N) is 2. The predicted octanol–water partition coefficient (Wildman–Crippen LogP) is 1.37. The van der Waals surface area contributed by atoms with Crippen LogP contribution >= 0.6 is 0 Å². The van der Waals surface area contributed by atoms with Crippen molar-refractivity contribution in [2.75, 3.05) is 19.7 Å². The summed E-state index contributed by atoms with van der Waals surface area (Å²) in [6.07, 6.45) is 5.85. The van der Waals surface area contributed by atoms with Crippen molar-refractivity contribution in [1.29, 1.82) is 0 Å². The molecule has 0 spiro atoms. The lowest BCUT2D eigenvalue weighted by Crippen LogP contribution is -2.28. The van der Waals surface area contributed by atoms with Gasteiger partial charge in [-0.2, -0.15) is 0 Å². The van der Waals surface area contributed by atoms with Gasteiger partial charge in [0.2, 0.25) is 11.8 Å². The van der Waals surface area contributed by atoms with E-state index in [1.807, 2.05) is 6.92 Å². The molecule has 19 heavy (non-hydrogen) atoms. The van der Waals surface area contributed by atoms with E-state index in [1.165, 1.54) is 0 Å². The lowest BCUT2D eigenvalue weighted by molar-refractivity contribution is -0.122. The van der Waals surface area contributed by atoms with Gasteiger partial charge in [-0.05, 0) is 32.1 Å². The van der Waals surface area contributed by atoms with Crippen LogP contribution in [0.1, 0.15) is 51.9 Å². The maximum atomic E-state index is 11.5. The summed E-state index contributed by atoms with van der Waals surface area (Å²) in [6, 6.07) is 0. The molecule has 1 aliphatic rings. The smallest absolute Gasteiger partial charge is 0.220 e. The van der Waals surface area contributed by atoms with Gasteiger partial charge in [0, 0.05) is 32.5 Å². The molecule has 1 saturated heterocycles. The van der Waals surface area contributed by atoms with Crippen molar-refractivity contribution in [2.45, 2.75) is 58.0 Å². The van der Waals surface area contributed by atoms with E-state index >= 15 is 0 Å². The Kier molecular flexibility index (Phi) is 8.21. The molecule has 1 unspecified atom stereocenters. The van der Waals surface area contributed by atoms with Gasteiger partial charge in [-0.25, -0.2) is 0 Å². The second-order valence-electron chi connectivity index (χ2n) is 4.98. The molecule has 0 bridgehead atoms. The molecule has 5 heteroatoms. The maximum Gasteiger partial charge on any atom is 0.220 e. The minimum atomic E-state index is 0.0290. The molecule has 1 aliphatic heterocycles. The van der Waals surface area contributed by atoms with E-state index in [9.17, 15) is 9.59 Å². The first-order chi connectivity index (χ1) is 9.22. The van der Waals surface area contributed by atoms with Gasteiger partial charge in [0.15, 0.2) is 0 Å². The van der Waals surface area contributed by atoms with Crippen molar-refractivity contribution in [1.82, 2.24) is 10.6 Å². The zero-order valence-electron chi connectivity index (χ0n) is 11.9. The molecule has 1 heterocycles. The van der Waals surface area contributed by atoms with Crippen LogP contribution in [-0.2, 0) is 14.3 Å². The van der Waals surface area contributed by atoms with Crippen molar-refractivity contribution in [3.8, 4) is 0 Å². The average molecular weight is 270 g/mol. The summed E-state index contributed by atoms with van der Waals surface area (Å²) in [5.41, 5.74) is 0. The Balaban J connectivity index is 1.93. The highest BCUT2D eigenvalue weighted by atomic mass is 16.5. The van der Waals surface area contributed by atoms with Crippen LogP contribution in [0.15, 0.2) is 0 Å². The van der Waals surface area contributed by atoms with Crippen LogP contribution in [0.4, 0.5) is 0 Å². The Bertz CT molecular complexity index is 276. The van der Waals surface area contributed by atoms with Crippen molar-refractivity contribution in [2.24, 2.45) is 0 Å². The summed E-state index contributed by atoms with van der Waals surface area (Å²) in [5, 5.41) is 5.67. The lowest BCUT2D eigenvalue weighted by Gasteiger charge is -2.10. The molecule has 0 aromatic carbocycles. The summed E-state index contributed by atoms with van der Waals surface area (Å²) >= 11 is 0. The van der Waals surface area contributed by atoms with Gasteiger partial charge in [0.25, 0.3) is 0 Å². The fourth-order valence-electron chi connectivity index (χ4n) is 2.10. The number of carbonyl (C=O) groups excluding carboxylic acids is 2. The van der Waals surface area contributed by atoms with Crippen LogP contribution in [-0.4, -0.2) is 37.6 Å². The van der Waals surface area contributed by atoms with Crippen LogP contribution < -0.4 is 10.6 Å². The van der Waals surface area contributed by atoms with Crippen LogP contribution in [0.3, 0.4) is 0 Å². The molecule has 0 saturated carbocycles. The second-order valence-corrected chi connectivity index (χ2v) is 4.98. The number of carbonyl (C=O) groups is 2. The molecular formula is C14H26N2O3. The third-order valence-corrected chi connectivity index (χ3v) is 3.19. The molecule has 0 aliphatic carbocycles. The Morgan fingerprint density at radius 1 is 1.16 bits per heavy atom. The number of amides is 2. The standard InChI is InChI=1S/C14H26N2O3/c1-2-9-15-13(17)6-3-7-14(18)16-10-8-12-5-4-11-19-12/h12H,2-11H2,1H3,(H,15,17)(H,16,18). The quantitative estimate of drug-likeness (QED) is 0.665. The molecule has 0 aromatic heterocycles. The average Bonchev–Trinajstić information content (AvgIpc) is 2.89. The van der Waals surface area contributed by atoms with Crippen LogP contribution in [0, 0.1) is 0 Å². The molecule has 1 rings (SSSR count). The molecule has 5 nitrogen and oxygen atoms in total. The highest BCUT2D eigenvalue weighted by molar-refractivity contribution is 5.78. The number of rotatable bonds is 9. The third-order valence-electron chi connectivity index (χ3n) is 3.19. The first-order valence-electron chi connectivity index (χ1n) is 7.37. The van der Waals surface area contributed by atoms with Crippen LogP contribution in [0.2, 0.25) is 0 Å². The number of hydrogen-bond donors (Lipinski definition) is 2. The van der Waals surface area contributed by atoms with Gasteiger partial charge >= 0.3 is 0 Å². The van der Waals surface area contributed by atoms with Crippen molar-refractivity contribution in [3.63, 3.8) is 0 Å². The van der Waals surface area contributed by atoms with E-state index in [0.29, 0.717) is 38.5 Å². The fourth-order valence-corrected chi connectivity index (χ4v) is 2.10. The summed E-state index contributed by atoms with van der Waals surface area (Å²) < 4.78 is 5.48. The Hall–Kier alpha value is -1.10. The van der Waals surface area contributed by atoms with E-state index < -0.39 is 0 Å². The first-order valence-corrected chi connectivity index (χ1v) is 7.37. The van der Waals surface area contributed by atoms with Crippen LogP contribution in [0.5, 0.6) is 0 Å². The summed E-state index contributed by atoms with van der Waals surface area (Å²) in [4.78, 5) is 22.8. The minimum Gasteiger partial charge on any atom is -0.378 e. The summed E-state index contributed by atoms with van der Waals surface area (Å²) in [5.74, 6) is 0.0651. The Morgan fingerprint density at radius 2 is 1.84 bits per heavy atom. The van der Waals surface area contributed by atoms with Gasteiger partial charge in [0.05, 0.1) is 6.10 Å². The normalized spacial score (nSPS) is 18.3. The minimum absolute atomic E-state index is 0.0290. The zero-order chi connectivity index (χ0) is 13.9. The van der Waals surface area contributed by atoms with Gasteiger partial charge in [-0.1, -0.05) is 6.92 Å². The number of hydrogen-bond acceptors (Lipinski definition) is 3. The summed E-state index contributed by atoms with van der Waals surface area (Å²) in [7, 11) is 0. The molecule has 2 N–H and O–H groups in total. The highest BCUT2D eigenvalue weighted by Crippen LogP contribution is 2.14. The molecule has 110 valence electrons. The third kappa shape index (κ3) is 7.82. The highest BCUT2D eigenvalue weighted by Gasteiger charge is 2.15. The van der Waals surface area contributed by atoms with E-state index in [0.717, 1.165) is 32.3 Å². The molecule has 0 aromatic rings. The maximum absolute atomic E-state index is 11.5. The molecule has 0 radical (unpaired) electrons. The first kappa shape index (κ1) is 16.0. The monoisotopic (exact) mass is 270 g/mol. The van der Waals surface area contributed by atoms with Gasteiger partial charge in [-0.3, -0.25) is 9.59 Å². The Morgan fingerprint density at radius 3 is 2.42 bits per heavy atom. The Labute approximate surface area is 115 Å². The van der Waals surface area contributed by atoms with Crippen molar-refractivity contribution >= 4 is 11.8 Å². The van der Waals surface area contributed by atoms with E-state index in [-0.39, 0.29) is 11.8 Å². The van der Waals surface area contributed by atoms with Gasteiger partial charge in [-0.15, -0.1) is 0 Å². The molecule has 1 fully saturated rings. The van der Waals surface area contributed by atoms with Gasteiger partial charge < -0.3 is 15.4 Å². The summed E-state index contributed by atoms with van der Waals surface area (Å²) in [6.45, 7) is 4.26. The second kappa shape index (κ2) is 9.78. The topological polar surface area (TPSA) is 67.4 Å². The van der Waals surface area contributed by atoms with Crippen LogP contribution in [0.25, 0.3) is 0 Å². The van der Waals surface area contributed by atoms with E-state index in [2.05, 4.69) is 10.6 Å². The van der Waals surface area contributed by atoms with Crippen molar-refractivity contribution in [3.05, 3.63) is 0 Å². The number of ether oxygens (including phenoxy) is 1. The van der Waals surface area contributed by atoms with E-state index in [1.54, 1.807) is 0 Å².